The van der Waals surface area contributed by atoms with Crippen molar-refractivity contribution in [3.8, 4) is 0 Å². The third-order valence-electron chi connectivity index (χ3n) is 3.88. The molecule has 0 aliphatic carbocycles. The van der Waals surface area contributed by atoms with Crippen LogP contribution in [0.1, 0.15) is 33.6 Å². The lowest BCUT2D eigenvalue weighted by atomic mass is 10.3. The second-order valence-corrected chi connectivity index (χ2v) is 9.94. The second kappa shape index (κ2) is 10.1. The molecular formula is C16H23N5O4S3. The number of hydrogen-bond donors (Lipinski definition) is 1. The molecule has 154 valence electrons. The van der Waals surface area contributed by atoms with Crippen LogP contribution in [0.2, 0.25) is 0 Å². The van der Waals surface area contributed by atoms with Crippen molar-refractivity contribution in [2.45, 2.75) is 47.7 Å². The summed E-state index contributed by atoms with van der Waals surface area (Å²) in [4.78, 5) is 11.2. The van der Waals surface area contributed by atoms with Gasteiger partial charge in [-0.3, -0.25) is 10.1 Å². The molecule has 0 saturated carbocycles. The van der Waals surface area contributed by atoms with E-state index in [0.717, 1.165) is 37.2 Å². The zero-order chi connectivity index (χ0) is 20.7. The van der Waals surface area contributed by atoms with E-state index in [1.54, 1.807) is 13.8 Å². The molecule has 0 atom stereocenters. The Kier molecular flexibility index (Phi) is 8.16. The predicted octanol–water partition coefficient (Wildman–Crippen LogP) is 3.84. The maximum Gasteiger partial charge on any atom is 0.284 e. The number of rotatable bonds is 11. The number of nitro groups is 1. The van der Waals surface area contributed by atoms with Gasteiger partial charge in [0, 0.05) is 25.7 Å². The van der Waals surface area contributed by atoms with Gasteiger partial charge in [-0.2, -0.15) is 4.31 Å². The first-order valence-corrected chi connectivity index (χ1v) is 11.9. The smallest absolute Gasteiger partial charge is 0.284 e. The van der Waals surface area contributed by atoms with E-state index >= 15 is 0 Å². The van der Waals surface area contributed by atoms with Crippen molar-refractivity contribution in [1.82, 2.24) is 14.5 Å². The molecule has 9 nitrogen and oxygen atoms in total. The van der Waals surface area contributed by atoms with Crippen molar-refractivity contribution < 1.29 is 13.3 Å². The number of benzene rings is 1. The number of sulfonamides is 1. The summed E-state index contributed by atoms with van der Waals surface area (Å²) in [5, 5.41) is 23.4. The van der Waals surface area contributed by atoms with Crippen LogP contribution in [0.3, 0.4) is 0 Å². The molecular weight excluding hydrogens is 422 g/mol. The standard InChI is InChI=1S/C16H23N5O4S3/c1-4-7-10-17-15-18-19-16(27-15)26-14-9-8-12(11-13(14)21(22)23)28(24,25)20(5-2)6-3/h8-9,11H,4-7,10H2,1-3H3,(H,17,18). The lowest BCUT2D eigenvalue weighted by Crippen LogP contribution is -2.30. The number of aromatic nitrogens is 2. The van der Waals surface area contributed by atoms with Gasteiger partial charge in [0.2, 0.25) is 15.2 Å². The molecule has 12 heteroatoms. The minimum Gasteiger partial charge on any atom is -0.360 e. The van der Waals surface area contributed by atoms with Crippen molar-refractivity contribution >= 4 is 43.9 Å². The second-order valence-electron chi connectivity index (χ2n) is 5.73. The third-order valence-corrected chi connectivity index (χ3v) is 7.92. The van der Waals surface area contributed by atoms with Gasteiger partial charge < -0.3 is 5.32 Å². The molecule has 1 N–H and O–H groups in total. The van der Waals surface area contributed by atoms with E-state index < -0.39 is 14.9 Å². The predicted molar refractivity (Wildman–Crippen MR) is 111 cm³/mol. The summed E-state index contributed by atoms with van der Waals surface area (Å²) in [6, 6.07) is 3.95. The summed E-state index contributed by atoms with van der Waals surface area (Å²) in [7, 11) is -3.77. The third kappa shape index (κ3) is 5.40. The van der Waals surface area contributed by atoms with Gasteiger partial charge in [-0.1, -0.05) is 38.5 Å². The zero-order valence-corrected chi connectivity index (χ0v) is 18.4. The van der Waals surface area contributed by atoms with E-state index in [-0.39, 0.29) is 10.6 Å². The lowest BCUT2D eigenvalue weighted by molar-refractivity contribution is -0.388. The Labute approximate surface area is 172 Å². The van der Waals surface area contributed by atoms with E-state index in [9.17, 15) is 18.5 Å². The van der Waals surface area contributed by atoms with Crippen LogP contribution in [0.5, 0.6) is 0 Å². The average Bonchev–Trinajstić information content (AvgIpc) is 3.10. The number of nitrogens with one attached hydrogen (secondary N) is 1. The largest absolute Gasteiger partial charge is 0.360 e. The molecule has 2 rings (SSSR count). The van der Waals surface area contributed by atoms with Gasteiger partial charge in [0.1, 0.15) is 0 Å². The highest BCUT2D eigenvalue weighted by molar-refractivity contribution is 8.01. The molecule has 0 amide bonds. The van der Waals surface area contributed by atoms with Crippen LogP contribution in [0.15, 0.2) is 32.3 Å². The van der Waals surface area contributed by atoms with Gasteiger partial charge in [-0.25, -0.2) is 8.42 Å². The average molecular weight is 446 g/mol. The minimum absolute atomic E-state index is 0.0913. The van der Waals surface area contributed by atoms with E-state index in [0.29, 0.717) is 27.5 Å². The van der Waals surface area contributed by atoms with E-state index in [1.165, 1.54) is 27.8 Å². The van der Waals surface area contributed by atoms with Crippen LogP contribution in [-0.4, -0.2) is 47.5 Å². The summed E-state index contributed by atoms with van der Waals surface area (Å²) < 4.78 is 27.1. The highest BCUT2D eigenvalue weighted by atomic mass is 32.2. The fourth-order valence-electron chi connectivity index (χ4n) is 2.39. The van der Waals surface area contributed by atoms with Crippen molar-refractivity contribution in [3.63, 3.8) is 0 Å². The van der Waals surface area contributed by atoms with Crippen molar-refractivity contribution in [2.24, 2.45) is 0 Å². The van der Waals surface area contributed by atoms with Crippen LogP contribution in [0, 0.1) is 10.1 Å². The summed E-state index contributed by atoms with van der Waals surface area (Å²) in [5.41, 5.74) is -0.270. The Bertz CT molecular complexity index is 913. The number of anilines is 1. The Morgan fingerprint density at radius 1 is 1.25 bits per heavy atom. The number of unbranched alkanes of at least 4 members (excludes halogenated alkanes) is 1. The highest BCUT2D eigenvalue weighted by Crippen LogP contribution is 2.38. The number of nitrogens with zero attached hydrogens (tertiary/aromatic N) is 4. The number of hydrogen-bond acceptors (Lipinski definition) is 9. The van der Waals surface area contributed by atoms with E-state index in [4.69, 9.17) is 0 Å². The molecule has 0 unspecified atom stereocenters. The molecule has 2 aromatic rings. The normalized spacial score (nSPS) is 11.7. The van der Waals surface area contributed by atoms with Crippen LogP contribution in [-0.2, 0) is 10.0 Å². The Morgan fingerprint density at radius 2 is 1.96 bits per heavy atom. The minimum atomic E-state index is -3.77. The number of nitro benzene ring substituents is 1. The van der Waals surface area contributed by atoms with Crippen molar-refractivity contribution in [3.05, 3.63) is 28.3 Å². The summed E-state index contributed by atoms with van der Waals surface area (Å²) in [6.07, 6.45) is 2.07. The summed E-state index contributed by atoms with van der Waals surface area (Å²) in [5.74, 6) is 0. The van der Waals surface area contributed by atoms with Crippen LogP contribution in [0.25, 0.3) is 0 Å². The Hall–Kier alpha value is -1.76. The quantitative estimate of drug-likeness (QED) is 0.315. The molecule has 0 bridgehead atoms. The summed E-state index contributed by atoms with van der Waals surface area (Å²) in [6.45, 7) is 6.91. The van der Waals surface area contributed by atoms with Crippen molar-refractivity contribution in [2.75, 3.05) is 25.0 Å². The van der Waals surface area contributed by atoms with Gasteiger partial charge in [0.15, 0.2) is 4.34 Å². The first-order chi connectivity index (χ1) is 13.3. The summed E-state index contributed by atoms with van der Waals surface area (Å²) >= 11 is 2.40. The van der Waals surface area contributed by atoms with Gasteiger partial charge in [0.25, 0.3) is 5.69 Å². The SMILES string of the molecule is CCCCNc1nnc(Sc2ccc(S(=O)(=O)N(CC)CC)cc2[N+](=O)[O-])s1. The lowest BCUT2D eigenvalue weighted by Gasteiger charge is -2.18. The fourth-order valence-corrected chi connectivity index (χ4v) is 5.69. The topological polar surface area (TPSA) is 118 Å². The molecule has 1 aromatic heterocycles. The van der Waals surface area contributed by atoms with E-state index in [1.807, 2.05) is 0 Å². The van der Waals surface area contributed by atoms with Crippen LogP contribution in [0.4, 0.5) is 10.8 Å². The fraction of sp³-hybridized carbons (Fsp3) is 0.500. The molecule has 28 heavy (non-hydrogen) atoms. The maximum absolute atomic E-state index is 12.6. The maximum atomic E-state index is 12.6. The van der Waals surface area contributed by atoms with E-state index in [2.05, 4.69) is 22.4 Å². The van der Waals surface area contributed by atoms with Gasteiger partial charge >= 0.3 is 0 Å². The van der Waals surface area contributed by atoms with Crippen molar-refractivity contribution in [1.29, 1.82) is 0 Å². The van der Waals surface area contributed by atoms with Gasteiger partial charge in [0.05, 0.1) is 14.7 Å². The molecule has 1 heterocycles. The molecule has 0 aliphatic rings. The first-order valence-electron chi connectivity index (χ1n) is 8.87. The Balaban J connectivity index is 2.28. The van der Waals surface area contributed by atoms with Crippen LogP contribution < -0.4 is 5.32 Å². The highest BCUT2D eigenvalue weighted by Gasteiger charge is 2.26. The van der Waals surface area contributed by atoms with Gasteiger partial charge in [-0.05, 0) is 30.3 Å². The molecule has 0 radical (unpaired) electrons. The van der Waals surface area contributed by atoms with Crippen LogP contribution >= 0.6 is 23.1 Å². The molecule has 1 aromatic carbocycles. The molecule has 0 fully saturated rings. The Morgan fingerprint density at radius 3 is 2.57 bits per heavy atom. The zero-order valence-electron chi connectivity index (χ0n) is 15.9. The molecule has 0 aliphatic heterocycles. The first kappa shape index (κ1) is 22.5. The molecule has 0 saturated heterocycles. The molecule has 0 spiro atoms. The van der Waals surface area contributed by atoms with Gasteiger partial charge in [-0.15, -0.1) is 10.2 Å². The monoisotopic (exact) mass is 445 g/mol.